The van der Waals surface area contributed by atoms with Crippen LogP contribution in [0.5, 0.6) is 0 Å². The van der Waals surface area contributed by atoms with Crippen LogP contribution in [-0.2, 0) is 16.1 Å². The summed E-state index contributed by atoms with van der Waals surface area (Å²) in [5.74, 6) is -0.423. The zero-order valence-corrected chi connectivity index (χ0v) is 16.7. The highest BCUT2D eigenvalue weighted by atomic mass is 16.3. The molecule has 2 aromatic rings. The first-order valence-corrected chi connectivity index (χ1v) is 9.20. The zero-order valence-electron chi connectivity index (χ0n) is 16.7. The van der Waals surface area contributed by atoms with Gasteiger partial charge in [0.05, 0.1) is 19.4 Å². The Balaban J connectivity index is 1.96. The second kappa shape index (κ2) is 9.73. The van der Waals surface area contributed by atoms with Crippen molar-refractivity contribution in [3.05, 3.63) is 59.5 Å². The van der Waals surface area contributed by atoms with Crippen molar-refractivity contribution in [1.29, 1.82) is 0 Å². The summed E-state index contributed by atoms with van der Waals surface area (Å²) in [6, 6.07) is 9.96. The van der Waals surface area contributed by atoms with Crippen LogP contribution in [-0.4, -0.2) is 42.3 Å². The molecule has 28 heavy (non-hydrogen) atoms. The smallest absolute Gasteiger partial charge is 0.252 e. The molecule has 0 spiro atoms. The molecule has 7 nitrogen and oxygen atoms in total. The van der Waals surface area contributed by atoms with Gasteiger partial charge in [0, 0.05) is 12.6 Å². The van der Waals surface area contributed by atoms with Gasteiger partial charge in [-0.3, -0.25) is 14.4 Å². The molecular weight excluding hydrogens is 358 g/mol. The average Bonchev–Trinajstić information content (AvgIpc) is 3.17. The number of carbonyl (C=O) groups is 3. The molecule has 1 aromatic carbocycles. The van der Waals surface area contributed by atoms with E-state index >= 15 is 0 Å². The van der Waals surface area contributed by atoms with Crippen LogP contribution in [0, 0.1) is 12.8 Å². The van der Waals surface area contributed by atoms with Gasteiger partial charge in [-0.25, -0.2) is 0 Å². The number of nitrogens with zero attached hydrogens (tertiary/aromatic N) is 1. The van der Waals surface area contributed by atoms with Crippen molar-refractivity contribution < 1.29 is 18.8 Å². The van der Waals surface area contributed by atoms with E-state index in [-0.39, 0.29) is 36.7 Å². The largest absolute Gasteiger partial charge is 0.467 e. The molecule has 2 rings (SSSR count). The minimum Gasteiger partial charge on any atom is -0.467 e. The van der Waals surface area contributed by atoms with Crippen molar-refractivity contribution in [1.82, 2.24) is 15.5 Å². The lowest BCUT2D eigenvalue weighted by molar-refractivity contribution is -0.137. The molecule has 0 bridgehead atoms. The molecule has 1 atom stereocenters. The Morgan fingerprint density at radius 1 is 1.11 bits per heavy atom. The Bertz CT molecular complexity index is 815. The van der Waals surface area contributed by atoms with Crippen molar-refractivity contribution in [3.63, 3.8) is 0 Å². The lowest BCUT2D eigenvalue weighted by Crippen LogP contribution is -2.52. The fraction of sp³-hybridized carbons (Fsp3) is 0.381. The van der Waals surface area contributed by atoms with E-state index in [1.54, 1.807) is 31.3 Å². The average molecular weight is 385 g/mol. The Kier molecular flexibility index (Phi) is 7.37. The third-order valence-electron chi connectivity index (χ3n) is 4.41. The summed E-state index contributed by atoms with van der Waals surface area (Å²) in [6.45, 7) is 5.70. The van der Waals surface area contributed by atoms with E-state index in [9.17, 15) is 14.4 Å². The van der Waals surface area contributed by atoms with E-state index in [1.165, 1.54) is 11.2 Å². The summed E-state index contributed by atoms with van der Waals surface area (Å²) in [6.07, 6.45) is 1.53. The third-order valence-corrected chi connectivity index (χ3v) is 4.41. The number of likely N-dealkylation sites (N-methyl/N-ethyl adjacent to an activating group) is 1. The monoisotopic (exact) mass is 385 g/mol. The Morgan fingerprint density at radius 3 is 2.43 bits per heavy atom. The van der Waals surface area contributed by atoms with Gasteiger partial charge in [0.1, 0.15) is 11.8 Å². The first-order chi connectivity index (χ1) is 13.3. The normalized spacial score (nSPS) is 11.8. The van der Waals surface area contributed by atoms with Crippen LogP contribution in [0.25, 0.3) is 0 Å². The molecule has 0 aliphatic carbocycles. The van der Waals surface area contributed by atoms with Crippen LogP contribution in [0.2, 0.25) is 0 Å². The van der Waals surface area contributed by atoms with E-state index in [1.807, 2.05) is 32.9 Å². The molecule has 0 saturated carbocycles. The summed E-state index contributed by atoms with van der Waals surface area (Å²) in [4.78, 5) is 38.8. The summed E-state index contributed by atoms with van der Waals surface area (Å²) in [7, 11) is 1.55. The van der Waals surface area contributed by atoms with Gasteiger partial charge in [0.25, 0.3) is 5.91 Å². The number of rotatable bonds is 8. The lowest BCUT2D eigenvalue weighted by Gasteiger charge is -2.27. The van der Waals surface area contributed by atoms with E-state index in [0.29, 0.717) is 11.3 Å². The molecule has 0 aliphatic rings. The number of furan rings is 1. The van der Waals surface area contributed by atoms with Crippen molar-refractivity contribution in [2.45, 2.75) is 33.4 Å². The van der Waals surface area contributed by atoms with Crippen LogP contribution in [0.1, 0.15) is 35.5 Å². The quantitative estimate of drug-likeness (QED) is 0.728. The second-order valence-electron chi connectivity index (χ2n) is 7.06. The van der Waals surface area contributed by atoms with E-state index in [2.05, 4.69) is 10.6 Å². The van der Waals surface area contributed by atoms with Crippen molar-refractivity contribution in [2.75, 3.05) is 13.6 Å². The van der Waals surface area contributed by atoms with Gasteiger partial charge in [0.2, 0.25) is 11.8 Å². The minimum absolute atomic E-state index is 0.108. The molecule has 1 aromatic heterocycles. The predicted octanol–water partition coefficient (Wildman–Crippen LogP) is 2.12. The maximum atomic E-state index is 12.8. The number of carbonyl (C=O) groups excluding carboxylic acids is 3. The Morgan fingerprint density at radius 2 is 1.82 bits per heavy atom. The Labute approximate surface area is 165 Å². The topological polar surface area (TPSA) is 91.7 Å². The maximum Gasteiger partial charge on any atom is 0.252 e. The van der Waals surface area contributed by atoms with Crippen LogP contribution < -0.4 is 10.6 Å². The molecule has 0 radical (unpaired) electrons. The summed E-state index contributed by atoms with van der Waals surface area (Å²) in [5, 5.41) is 5.50. The fourth-order valence-electron chi connectivity index (χ4n) is 2.75. The maximum absolute atomic E-state index is 12.8. The molecule has 7 heteroatoms. The zero-order chi connectivity index (χ0) is 20.7. The third kappa shape index (κ3) is 5.70. The van der Waals surface area contributed by atoms with E-state index in [4.69, 9.17) is 4.42 Å². The Hall–Kier alpha value is -3.09. The van der Waals surface area contributed by atoms with Crippen molar-refractivity contribution in [3.8, 4) is 0 Å². The molecule has 0 fully saturated rings. The highest BCUT2D eigenvalue weighted by molar-refractivity contribution is 5.99. The van der Waals surface area contributed by atoms with Gasteiger partial charge >= 0.3 is 0 Å². The lowest BCUT2D eigenvalue weighted by atomic mass is 10.0. The van der Waals surface area contributed by atoms with Crippen LogP contribution in [0.3, 0.4) is 0 Å². The fourth-order valence-corrected chi connectivity index (χ4v) is 2.75. The highest BCUT2D eigenvalue weighted by Gasteiger charge is 2.28. The number of nitrogens with one attached hydrogen (secondary N) is 2. The number of hydrogen-bond acceptors (Lipinski definition) is 4. The summed E-state index contributed by atoms with van der Waals surface area (Å²) in [5.41, 5.74) is 1.36. The number of amides is 3. The SMILES string of the molecule is Cc1ccccc1C(=O)NC(C(=O)N(C)CC(=O)NCc1ccco1)C(C)C. The van der Waals surface area contributed by atoms with Crippen LogP contribution in [0.4, 0.5) is 0 Å². The molecule has 1 heterocycles. The second-order valence-corrected chi connectivity index (χ2v) is 7.06. The number of aryl methyl sites for hydroxylation is 1. The van der Waals surface area contributed by atoms with Gasteiger partial charge in [-0.2, -0.15) is 0 Å². The number of hydrogen-bond donors (Lipinski definition) is 2. The summed E-state index contributed by atoms with van der Waals surface area (Å²) >= 11 is 0. The van der Waals surface area contributed by atoms with Gasteiger partial charge in [-0.05, 0) is 36.6 Å². The van der Waals surface area contributed by atoms with Crippen molar-refractivity contribution >= 4 is 17.7 Å². The molecule has 2 N–H and O–H groups in total. The van der Waals surface area contributed by atoms with E-state index < -0.39 is 6.04 Å². The van der Waals surface area contributed by atoms with Crippen molar-refractivity contribution in [2.24, 2.45) is 5.92 Å². The van der Waals surface area contributed by atoms with Gasteiger partial charge in [-0.1, -0.05) is 32.0 Å². The molecule has 1 unspecified atom stereocenters. The highest BCUT2D eigenvalue weighted by Crippen LogP contribution is 2.11. The molecule has 3 amide bonds. The molecular formula is C21H27N3O4. The molecule has 150 valence electrons. The van der Waals surface area contributed by atoms with Gasteiger partial charge in [0.15, 0.2) is 0 Å². The first-order valence-electron chi connectivity index (χ1n) is 9.20. The van der Waals surface area contributed by atoms with Crippen LogP contribution >= 0.6 is 0 Å². The summed E-state index contributed by atoms with van der Waals surface area (Å²) < 4.78 is 5.16. The van der Waals surface area contributed by atoms with Crippen LogP contribution in [0.15, 0.2) is 47.1 Å². The number of benzene rings is 1. The van der Waals surface area contributed by atoms with Gasteiger partial charge < -0.3 is 20.0 Å². The van der Waals surface area contributed by atoms with E-state index in [0.717, 1.165) is 5.56 Å². The molecule has 0 aliphatic heterocycles. The standard InChI is InChI=1S/C21H27N3O4/c1-14(2)19(23-20(26)17-10-6-5-8-15(17)3)21(27)24(4)13-18(25)22-12-16-9-7-11-28-16/h5-11,14,19H,12-13H2,1-4H3,(H,22,25)(H,23,26). The molecule has 0 saturated heterocycles. The minimum atomic E-state index is -0.727. The predicted molar refractivity (Wildman–Crippen MR) is 105 cm³/mol. The first kappa shape index (κ1) is 21.2. The van der Waals surface area contributed by atoms with Gasteiger partial charge in [-0.15, -0.1) is 0 Å².